The first-order chi connectivity index (χ1) is 18.5. The average molecular weight is 572 g/mol. The van der Waals surface area contributed by atoms with Gasteiger partial charge >= 0.3 is 99.2 Å². The van der Waals surface area contributed by atoms with Gasteiger partial charge in [0.15, 0.2) is 0 Å². The molecule has 0 bridgehead atoms. The van der Waals surface area contributed by atoms with E-state index in [-0.39, 0.29) is 0 Å². The molecule has 0 fully saturated rings. The summed E-state index contributed by atoms with van der Waals surface area (Å²) < 4.78 is 1.42. The van der Waals surface area contributed by atoms with Crippen molar-refractivity contribution in [3.63, 3.8) is 0 Å². The van der Waals surface area contributed by atoms with Gasteiger partial charge in [0.1, 0.15) is 0 Å². The summed E-state index contributed by atoms with van der Waals surface area (Å²) in [5, 5.41) is 5.46. The van der Waals surface area contributed by atoms with Crippen LogP contribution in [0.4, 0.5) is 0 Å². The van der Waals surface area contributed by atoms with E-state index < -0.39 is 0 Å². The van der Waals surface area contributed by atoms with Gasteiger partial charge in [0.05, 0.1) is 0 Å². The fourth-order valence-corrected chi connectivity index (χ4v) is 5.49. The monoisotopic (exact) mass is 570 g/mol. The number of rotatable bonds is 4. The minimum atomic E-state index is 1.08. The van der Waals surface area contributed by atoms with Crippen molar-refractivity contribution >= 4 is 24.8 Å². The SMILES string of the molecule is CCC1=[C-]CC(CC)=C1.Cc1ccc2c(c1)[cH-]c1cc(C)ccc12.[Zr+2]=[C](c1ccccc1)c1ccccc1. The summed E-state index contributed by atoms with van der Waals surface area (Å²) in [5.41, 5.74) is 8.25. The molecule has 0 spiro atoms. The molecule has 0 atom stereocenters. The van der Waals surface area contributed by atoms with Crippen LogP contribution >= 0.6 is 0 Å². The molecular formula is C37H36Zr. The Kier molecular flexibility index (Phi) is 10.1. The Morgan fingerprint density at radius 1 is 0.711 bits per heavy atom. The van der Waals surface area contributed by atoms with Gasteiger partial charge < -0.3 is 0 Å². The number of hydrogen-bond donors (Lipinski definition) is 0. The van der Waals surface area contributed by atoms with Crippen LogP contribution < -0.4 is 0 Å². The van der Waals surface area contributed by atoms with Crippen LogP contribution in [-0.4, -0.2) is 3.21 Å². The van der Waals surface area contributed by atoms with E-state index in [9.17, 15) is 0 Å². The van der Waals surface area contributed by atoms with Crippen molar-refractivity contribution in [1.29, 1.82) is 0 Å². The van der Waals surface area contributed by atoms with Crippen molar-refractivity contribution in [2.75, 3.05) is 0 Å². The fourth-order valence-electron chi connectivity index (χ4n) is 4.67. The normalized spacial score (nSPS) is 12.3. The van der Waals surface area contributed by atoms with E-state index in [2.05, 4.69) is 143 Å². The zero-order valence-corrected chi connectivity index (χ0v) is 25.5. The molecule has 188 valence electrons. The first-order valence-electron chi connectivity index (χ1n) is 13.5. The summed E-state index contributed by atoms with van der Waals surface area (Å²) >= 11 is 1.46. The minimum absolute atomic E-state index is 1.08. The second-order valence-electron chi connectivity index (χ2n) is 9.82. The second-order valence-corrected chi connectivity index (χ2v) is 11.1. The predicted molar refractivity (Wildman–Crippen MR) is 163 cm³/mol. The summed E-state index contributed by atoms with van der Waals surface area (Å²) in [5.74, 6) is 0. The third-order valence-corrected chi connectivity index (χ3v) is 8.32. The van der Waals surface area contributed by atoms with Crippen LogP contribution in [0.25, 0.3) is 21.5 Å². The molecule has 0 aliphatic heterocycles. The number of fused-ring (bicyclic) bond motifs is 3. The third kappa shape index (κ3) is 7.30. The molecule has 1 aliphatic rings. The zero-order chi connectivity index (χ0) is 26.9. The summed E-state index contributed by atoms with van der Waals surface area (Å²) in [6.07, 6.45) is 9.03. The van der Waals surface area contributed by atoms with E-state index in [0.717, 1.165) is 12.8 Å². The molecule has 0 aromatic heterocycles. The van der Waals surface area contributed by atoms with Crippen molar-refractivity contribution in [2.45, 2.75) is 47.0 Å². The van der Waals surface area contributed by atoms with Gasteiger partial charge in [-0.15, -0.1) is 46.2 Å². The molecule has 0 nitrogen and oxygen atoms in total. The molecule has 0 N–H and O–H groups in total. The molecule has 5 aromatic carbocycles. The molecule has 0 unspecified atom stereocenters. The first-order valence-corrected chi connectivity index (χ1v) is 14.8. The summed E-state index contributed by atoms with van der Waals surface area (Å²) in [7, 11) is 0. The third-order valence-electron chi connectivity index (χ3n) is 6.90. The van der Waals surface area contributed by atoms with Crippen LogP contribution in [0.5, 0.6) is 0 Å². The van der Waals surface area contributed by atoms with Crippen molar-refractivity contribution in [3.8, 4) is 0 Å². The Balaban J connectivity index is 0.000000137. The number of benzene rings is 4. The quantitative estimate of drug-likeness (QED) is 0.188. The molecule has 0 saturated heterocycles. The predicted octanol–water partition coefficient (Wildman–Crippen LogP) is 10.00. The van der Waals surface area contributed by atoms with E-state index in [0.29, 0.717) is 0 Å². The van der Waals surface area contributed by atoms with Crippen LogP contribution in [0.3, 0.4) is 0 Å². The molecular weight excluding hydrogens is 536 g/mol. The van der Waals surface area contributed by atoms with Crippen molar-refractivity contribution in [2.24, 2.45) is 0 Å². The maximum absolute atomic E-state index is 3.33. The molecule has 1 heteroatoms. The topological polar surface area (TPSA) is 0 Å². The van der Waals surface area contributed by atoms with Gasteiger partial charge in [0.2, 0.25) is 0 Å². The molecule has 1 aliphatic carbocycles. The zero-order valence-electron chi connectivity index (χ0n) is 23.0. The van der Waals surface area contributed by atoms with Crippen LogP contribution in [0.2, 0.25) is 0 Å². The molecule has 0 amide bonds. The first kappa shape index (κ1) is 28.0. The van der Waals surface area contributed by atoms with Gasteiger partial charge in [-0.2, -0.15) is 5.57 Å². The van der Waals surface area contributed by atoms with Crippen molar-refractivity contribution in [1.82, 2.24) is 0 Å². The van der Waals surface area contributed by atoms with Crippen LogP contribution in [0, 0.1) is 19.9 Å². The van der Waals surface area contributed by atoms with Crippen molar-refractivity contribution < 1.29 is 24.2 Å². The molecule has 0 heterocycles. The summed E-state index contributed by atoms with van der Waals surface area (Å²) in [4.78, 5) is 0. The molecule has 38 heavy (non-hydrogen) atoms. The van der Waals surface area contributed by atoms with Gasteiger partial charge in [-0.05, 0) is 13.8 Å². The van der Waals surface area contributed by atoms with Gasteiger partial charge in [0, 0.05) is 0 Å². The van der Waals surface area contributed by atoms with E-state index in [1.807, 2.05) is 0 Å². The molecule has 0 radical (unpaired) electrons. The number of aryl methyl sites for hydroxylation is 2. The van der Waals surface area contributed by atoms with E-state index >= 15 is 0 Å². The second kappa shape index (κ2) is 13.7. The van der Waals surface area contributed by atoms with Crippen LogP contribution in [0.15, 0.2) is 120 Å². The summed E-state index contributed by atoms with van der Waals surface area (Å²) in [6.45, 7) is 8.66. The number of hydrogen-bond acceptors (Lipinski definition) is 0. The Labute approximate surface area is 243 Å². The van der Waals surface area contributed by atoms with Crippen molar-refractivity contribution in [3.05, 3.63) is 149 Å². The Morgan fingerprint density at radius 3 is 1.61 bits per heavy atom. The van der Waals surface area contributed by atoms with E-state index in [1.165, 1.54) is 88.8 Å². The number of allylic oxidation sites excluding steroid dienone is 4. The summed E-state index contributed by atoms with van der Waals surface area (Å²) in [6, 6.07) is 36.7. The Morgan fingerprint density at radius 2 is 1.21 bits per heavy atom. The standard InChI is InChI=1S/C15H13.C13H10.C9H13.Zr/c1-10-3-5-14-12(7-10)9-13-8-11(2)4-6-15(13)14;1-3-7-12(8-4-1)11-13-9-5-2-6-10-13;1-3-8-5-6-9(4-2)7-8;/h3-9H,1-2H3;1-10H;7H,3-5H2,1-2H3;/q-1;;-1;+2. The van der Waals surface area contributed by atoms with Crippen LogP contribution in [-0.2, 0) is 24.2 Å². The van der Waals surface area contributed by atoms with Gasteiger partial charge in [-0.25, -0.2) is 11.6 Å². The molecule has 5 aromatic rings. The molecule has 0 saturated carbocycles. The maximum atomic E-state index is 3.33. The van der Waals surface area contributed by atoms with E-state index in [4.69, 9.17) is 0 Å². The Hall–Kier alpha value is -3.02. The fraction of sp³-hybridized carbons (Fsp3) is 0.189. The van der Waals surface area contributed by atoms with Gasteiger partial charge in [-0.1, -0.05) is 62.1 Å². The van der Waals surface area contributed by atoms with E-state index in [1.54, 1.807) is 0 Å². The average Bonchev–Trinajstić information content (AvgIpc) is 3.57. The Bertz CT molecular complexity index is 1470. The van der Waals surface area contributed by atoms with Gasteiger partial charge in [0.25, 0.3) is 0 Å². The molecule has 6 rings (SSSR count). The van der Waals surface area contributed by atoms with Crippen LogP contribution in [0.1, 0.15) is 55.4 Å². The van der Waals surface area contributed by atoms with Gasteiger partial charge in [-0.3, -0.25) is 6.08 Å².